The number of nitrogens with one attached hydrogen (secondary N) is 1. The predicted octanol–water partition coefficient (Wildman–Crippen LogP) is 4.01. The topological polar surface area (TPSA) is 44.7 Å². The molecular weight excluding hydrogens is 346 g/mol. The molecule has 0 saturated carbocycles. The van der Waals surface area contributed by atoms with E-state index in [0.717, 1.165) is 43.1 Å². The summed E-state index contributed by atoms with van der Waals surface area (Å²) in [6.07, 6.45) is 3.41. The molecule has 1 heterocycles. The summed E-state index contributed by atoms with van der Waals surface area (Å²) >= 11 is 5.93. The van der Waals surface area contributed by atoms with Gasteiger partial charge in [0.15, 0.2) is 0 Å². The van der Waals surface area contributed by atoms with E-state index in [1.54, 1.807) is 6.21 Å². The normalized spacial score (nSPS) is 16.1. The number of hydrazone groups is 1. The number of aryl methyl sites for hydroxylation is 1. The first-order valence-electron chi connectivity index (χ1n) is 8.96. The number of hydrogen-bond acceptors (Lipinski definition) is 3. The summed E-state index contributed by atoms with van der Waals surface area (Å²) in [5, 5.41) is 4.85. The number of piperidine rings is 1. The Bertz CT molecular complexity index is 748. The molecule has 3 rings (SSSR count). The van der Waals surface area contributed by atoms with Crippen LogP contribution < -0.4 is 5.43 Å². The molecule has 1 N–H and O–H groups in total. The number of carbonyl (C=O) groups is 1. The Morgan fingerprint density at radius 2 is 1.81 bits per heavy atom. The van der Waals surface area contributed by atoms with Gasteiger partial charge in [0, 0.05) is 17.5 Å². The number of carbonyl (C=O) groups excluding carboxylic acids is 1. The zero-order valence-corrected chi connectivity index (χ0v) is 15.7. The van der Waals surface area contributed by atoms with E-state index in [9.17, 15) is 4.79 Å². The van der Waals surface area contributed by atoms with Crippen LogP contribution in [-0.4, -0.2) is 30.1 Å². The van der Waals surface area contributed by atoms with Gasteiger partial charge in [-0.1, -0.05) is 53.6 Å². The lowest BCUT2D eigenvalue weighted by Gasteiger charge is -2.30. The second kappa shape index (κ2) is 8.97. The van der Waals surface area contributed by atoms with Gasteiger partial charge in [-0.25, -0.2) is 5.43 Å². The van der Waals surface area contributed by atoms with Gasteiger partial charge in [0.2, 0.25) is 5.91 Å². The van der Waals surface area contributed by atoms with Crippen molar-refractivity contribution in [2.24, 2.45) is 11.0 Å². The van der Waals surface area contributed by atoms with Gasteiger partial charge in [-0.2, -0.15) is 5.10 Å². The van der Waals surface area contributed by atoms with E-state index in [-0.39, 0.29) is 11.8 Å². The maximum absolute atomic E-state index is 12.3. The van der Waals surface area contributed by atoms with Crippen molar-refractivity contribution in [1.82, 2.24) is 10.3 Å². The molecule has 4 nitrogen and oxygen atoms in total. The van der Waals surface area contributed by atoms with Crippen molar-refractivity contribution in [3.8, 4) is 0 Å². The summed E-state index contributed by atoms with van der Waals surface area (Å²) in [5.74, 6) is 0.0474. The molecule has 0 aromatic heterocycles. The van der Waals surface area contributed by atoms with Gasteiger partial charge in [-0.3, -0.25) is 9.69 Å². The van der Waals surface area contributed by atoms with Crippen molar-refractivity contribution in [2.45, 2.75) is 26.3 Å². The quantitative estimate of drug-likeness (QED) is 0.639. The summed E-state index contributed by atoms with van der Waals surface area (Å²) in [6.45, 7) is 4.78. The molecule has 136 valence electrons. The van der Waals surface area contributed by atoms with Crippen LogP contribution in [0.4, 0.5) is 0 Å². The second-order valence-electron chi connectivity index (χ2n) is 6.82. The first-order valence-corrected chi connectivity index (χ1v) is 9.34. The third kappa shape index (κ3) is 5.41. The van der Waals surface area contributed by atoms with Crippen LogP contribution in [0.1, 0.15) is 29.5 Å². The fraction of sp³-hybridized carbons (Fsp3) is 0.333. The monoisotopic (exact) mass is 369 g/mol. The summed E-state index contributed by atoms with van der Waals surface area (Å²) in [7, 11) is 0. The highest BCUT2D eigenvalue weighted by molar-refractivity contribution is 6.30. The Hall–Kier alpha value is -2.17. The number of nitrogens with zero attached hydrogens (tertiary/aromatic N) is 2. The van der Waals surface area contributed by atoms with Crippen molar-refractivity contribution in [1.29, 1.82) is 0 Å². The smallest absolute Gasteiger partial charge is 0.243 e. The highest BCUT2D eigenvalue weighted by Crippen LogP contribution is 2.20. The molecule has 1 fully saturated rings. The Balaban J connectivity index is 1.43. The number of halogens is 1. The molecule has 0 bridgehead atoms. The SMILES string of the molecule is Cc1ccc(/C=N/NC(=O)C2CCN(Cc3ccc(Cl)cc3)CC2)cc1. The average molecular weight is 370 g/mol. The Morgan fingerprint density at radius 3 is 2.46 bits per heavy atom. The van der Waals surface area contributed by atoms with Gasteiger partial charge < -0.3 is 0 Å². The summed E-state index contributed by atoms with van der Waals surface area (Å²) in [5.41, 5.74) is 6.12. The van der Waals surface area contributed by atoms with Gasteiger partial charge in [0.25, 0.3) is 0 Å². The van der Waals surface area contributed by atoms with E-state index in [2.05, 4.69) is 27.6 Å². The largest absolute Gasteiger partial charge is 0.299 e. The highest BCUT2D eigenvalue weighted by Gasteiger charge is 2.24. The van der Waals surface area contributed by atoms with E-state index in [0.29, 0.717) is 0 Å². The van der Waals surface area contributed by atoms with Crippen LogP contribution in [0, 0.1) is 12.8 Å². The Kier molecular flexibility index (Phi) is 6.42. The summed E-state index contributed by atoms with van der Waals surface area (Å²) in [6, 6.07) is 16.0. The van der Waals surface area contributed by atoms with Gasteiger partial charge >= 0.3 is 0 Å². The third-order valence-electron chi connectivity index (χ3n) is 4.74. The van der Waals surface area contributed by atoms with Crippen molar-refractivity contribution in [3.63, 3.8) is 0 Å². The molecule has 1 amide bonds. The van der Waals surface area contributed by atoms with Gasteiger partial charge in [-0.05, 0) is 56.1 Å². The molecule has 0 aliphatic carbocycles. The van der Waals surface area contributed by atoms with Crippen molar-refractivity contribution < 1.29 is 4.79 Å². The fourth-order valence-electron chi connectivity index (χ4n) is 3.12. The molecule has 2 aromatic carbocycles. The van der Waals surface area contributed by atoms with E-state index >= 15 is 0 Å². The highest BCUT2D eigenvalue weighted by atomic mass is 35.5. The first kappa shape index (κ1) is 18.6. The lowest BCUT2D eigenvalue weighted by atomic mass is 9.96. The second-order valence-corrected chi connectivity index (χ2v) is 7.26. The van der Waals surface area contributed by atoms with Crippen LogP contribution in [0.5, 0.6) is 0 Å². The summed E-state index contributed by atoms with van der Waals surface area (Å²) < 4.78 is 0. The third-order valence-corrected chi connectivity index (χ3v) is 5.00. The predicted molar refractivity (Wildman–Crippen MR) is 106 cm³/mol. The van der Waals surface area contributed by atoms with Crippen molar-refractivity contribution in [2.75, 3.05) is 13.1 Å². The molecule has 1 saturated heterocycles. The van der Waals surface area contributed by atoms with Crippen molar-refractivity contribution >= 4 is 23.7 Å². The Morgan fingerprint density at radius 1 is 1.15 bits per heavy atom. The first-order chi connectivity index (χ1) is 12.6. The maximum Gasteiger partial charge on any atom is 0.243 e. The molecule has 0 spiro atoms. The summed E-state index contributed by atoms with van der Waals surface area (Å²) in [4.78, 5) is 14.7. The average Bonchev–Trinajstić information content (AvgIpc) is 2.66. The minimum atomic E-state index is 0.0134. The lowest BCUT2D eigenvalue weighted by molar-refractivity contribution is -0.126. The van der Waals surface area contributed by atoms with Gasteiger partial charge in [0.05, 0.1) is 6.21 Å². The molecule has 0 unspecified atom stereocenters. The minimum Gasteiger partial charge on any atom is -0.299 e. The van der Waals surface area contributed by atoms with E-state index in [1.165, 1.54) is 11.1 Å². The van der Waals surface area contributed by atoms with Crippen LogP contribution in [0.3, 0.4) is 0 Å². The zero-order valence-electron chi connectivity index (χ0n) is 15.0. The van der Waals surface area contributed by atoms with Crippen LogP contribution in [0.15, 0.2) is 53.6 Å². The number of benzene rings is 2. The van der Waals surface area contributed by atoms with E-state index in [4.69, 9.17) is 11.6 Å². The molecule has 1 aliphatic heterocycles. The standard InChI is InChI=1S/C21H24ClN3O/c1-16-2-4-17(5-3-16)14-23-24-21(26)19-10-12-25(13-11-19)15-18-6-8-20(22)9-7-18/h2-9,14,19H,10-13,15H2,1H3,(H,24,26)/b23-14+. The zero-order chi connectivity index (χ0) is 18.4. The molecule has 5 heteroatoms. The molecule has 0 radical (unpaired) electrons. The van der Waals surface area contributed by atoms with Crippen molar-refractivity contribution in [3.05, 3.63) is 70.2 Å². The van der Waals surface area contributed by atoms with E-state index < -0.39 is 0 Å². The van der Waals surface area contributed by atoms with Gasteiger partial charge in [-0.15, -0.1) is 0 Å². The van der Waals surface area contributed by atoms with Crippen LogP contribution in [0.25, 0.3) is 0 Å². The lowest BCUT2D eigenvalue weighted by Crippen LogP contribution is -2.39. The number of hydrogen-bond donors (Lipinski definition) is 1. The van der Waals surface area contributed by atoms with Crippen LogP contribution >= 0.6 is 11.6 Å². The fourth-order valence-corrected chi connectivity index (χ4v) is 3.24. The number of amides is 1. The maximum atomic E-state index is 12.3. The van der Waals surface area contributed by atoms with E-state index in [1.807, 2.05) is 43.3 Å². The minimum absolute atomic E-state index is 0.0134. The molecule has 26 heavy (non-hydrogen) atoms. The molecule has 2 aromatic rings. The van der Waals surface area contributed by atoms with Crippen LogP contribution in [0.2, 0.25) is 5.02 Å². The number of rotatable bonds is 5. The molecular formula is C21H24ClN3O. The molecule has 1 aliphatic rings. The van der Waals surface area contributed by atoms with Crippen LogP contribution in [-0.2, 0) is 11.3 Å². The molecule has 0 atom stereocenters. The van der Waals surface area contributed by atoms with Gasteiger partial charge in [0.1, 0.15) is 0 Å². The number of likely N-dealkylation sites (tertiary alicyclic amines) is 1. The Labute approximate surface area is 159 Å².